The van der Waals surface area contributed by atoms with Crippen molar-refractivity contribution >= 4 is 17.0 Å². The maximum absolute atomic E-state index is 13.1. The van der Waals surface area contributed by atoms with Crippen molar-refractivity contribution in [2.45, 2.75) is 25.8 Å². The number of amides is 1. The highest BCUT2D eigenvalue weighted by Crippen LogP contribution is 2.26. The normalized spacial score (nSPS) is 12.1. The van der Waals surface area contributed by atoms with Gasteiger partial charge in [0.25, 0.3) is 11.6 Å². The van der Waals surface area contributed by atoms with Crippen molar-refractivity contribution < 1.29 is 14.1 Å². The lowest BCUT2D eigenvalue weighted by molar-refractivity contribution is 0.0942. The zero-order valence-corrected chi connectivity index (χ0v) is 17.1. The minimum absolute atomic E-state index is 0.169. The van der Waals surface area contributed by atoms with E-state index in [0.29, 0.717) is 11.3 Å². The van der Waals surface area contributed by atoms with Gasteiger partial charge in [-0.25, -0.2) is 4.98 Å². The van der Waals surface area contributed by atoms with Crippen LogP contribution in [0.25, 0.3) is 11.1 Å². The molecule has 0 spiro atoms. The number of ether oxygens (including phenoxy) is 1. The van der Waals surface area contributed by atoms with Crippen LogP contribution in [-0.2, 0) is 0 Å². The Morgan fingerprint density at radius 2 is 1.73 bits per heavy atom. The topological polar surface area (TPSA) is 77.2 Å². The van der Waals surface area contributed by atoms with Gasteiger partial charge in [0.05, 0.1) is 29.8 Å². The molecule has 2 aromatic carbocycles. The second kappa shape index (κ2) is 8.37. The molecule has 0 aliphatic carbocycles. The second-order valence-electron chi connectivity index (χ2n) is 7.39. The fourth-order valence-electron chi connectivity index (χ4n) is 3.41. The highest BCUT2D eigenvalue weighted by atomic mass is 16.5. The number of benzene rings is 2. The second-order valence-corrected chi connectivity index (χ2v) is 7.39. The van der Waals surface area contributed by atoms with E-state index in [0.717, 1.165) is 28.0 Å². The molecule has 1 unspecified atom stereocenters. The molecule has 6 heteroatoms. The number of rotatable bonds is 6. The summed E-state index contributed by atoms with van der Waals surface area (Å²) in [6, 6.07) is 19.0. The van der Waals surface area contributed by atoms with Crippen LogP contribution in [0, 0.1) is 0 Å². The van der Waals surface area contributed by atoms with Crippen LogP contribution in [-0.4, -0.2) is 23.2 Å². The third-order valence-electron chi connectivity index (χ3n) is 5.02. The molecule has 0 bridgehead atoms. The molecule has 1 N–H and O–H groups in total. The Morgan fingerprint density at radius 1 is 1.03 bits per heavy atom. The summed E-state index contributed by atoms with van der Waals surface area (Å²) in [4.78, 5) is 17.4. The number of fused-ring (bicyclic) bond motifs is 1. The highest BCUT2D eigenvalue weighted by Gasteiger charge is 2.20. The summed E-state index contributed by atoms with van der Waals surface area (Å²) in [5, 5.41) is 7.99. The number of pyridine rings is 1. The number of aromatic nitrogens is 2. The summed E-state index contributed by atoms with van der Waals surface area (Å²) < 4.78 is 10.5. The number of carbonyl (C=O) groups is 1. The van der Waals surface area contributed by atoms with Crippen LogP contribution in [0.5, 0.6) is 5.75 Å². The lowest BCUT2D eigenvalue weighted by Crippen LogP contribution is -2.29. The van der Waals surface area contributed by atoms with Crippen LogP contribution in [0.15, 0.2) is 71.4 Å². The molecule has 0 saturated carbocycles. The van der Waals surface area contributed by atoms with Gasteiger partial charge in [-0.2, -0.15) is 0 Å². The Bertz CT molecular complexity index is 1150. The van der Waals surface area contributed by atoms with Gasteiger partial charge in [-0.3, -0.25) is 4.79 Å². The molecule has 2 aromatic heterocycles. The standard InChI is InChI=1S/C24H23N3O3/c1-15(2)21-20-13-18(14-25-24(20)30-27-21)23(28)26-22(16-7-5-4-6-8-16)17-9-11-19(29-3)12-10-17/h4-15,22H,1-3H3,(H,26,28). The molecule has 0 aliphatic heterocycles. The van der Waals surface area contributed by atoms with Crippen LogP contribution in [0.1, 0.15) is 53.0 Å². The van der Waals surface area contributed by atoms with Crippen LogP contribution in [0.4, 0.5) is 0 Å². The average Bonchev–Trinajstić information content (AvgIpc) is 3.21. The lowest BCUT2D eigenvalue weighted by Gasteiger charge is -2.20. The molecule has 0 saturated heterocycles. The fraction of sp³-hybridized carbons (Fsp3) is 0.208. The monoisotopic (exact) mass is 401 g/mol. The van der Waals surface area contributed by atoms with Crippen molar-refractivity contribution in [3.05, 3.63) is 89.2 Å². The van der Waals surface area contributed by atoms with Gasteiger partial charge in [-0.1, -0.05) is 61.5 Å². The summed E-state index contributed by atoms with van der Waals surface area (Å²) in [5.74, 6) is 0.716. The van der Waals surface area contributed by atoms with Crippen molar-refractivity contribution in [3.8, 4) is 5.75 Å². The highest BCUT2D eigenvalue weighted by molar-refractivity contribution is 5.97. The van der Waals surface area contributed by atoms with Gasteiger partial charge in [-0.05, 0) is 35.2 Å². The summed E-state index contributed by atoms with van der Waals surface area (Å²) in [6.07, 6.45) is 1.52. The number of hydrogen-bond donors (Lipinski definition) is 1. The largest absolute Gasteiger partial charge is 0.497 e. The van der Waals surface area contributed by atoms with Crippen molar-refractivity contribution in [1.82, 2.24) is 15.5 Å². The molecular weight excluding hydrogens is 378 g/mol. The Kier molecular flexibility index (Phi) is 5.48. The predicted octanol–water partition coefficient (Wildman–Crippen LogP) is 4.87. The zero-order chi connectivity index (χ0) is 21.1. The van der Waals surface area contributed by atoms with Crippen LogP contribution >= 0.6 is 0 Å². The summed E-state index contributed by atoms with van der Waals surface area (Å²) in [5.41, 5.74) is 3.63. The van der Waals surface area contributed by atoms with E-state index in [1.54, 1.807) is 13.2 Å². The van der Waals surface area contributed by atoms with E-state index in [-0.39, 0.29) is 17.9 Å². The van der Waals surface area contributed by atoms with Gasteiger partial charge in [0.1, 0.15) is 5.75 Å². The zero-order valence-electron chi connectivity index (χ0n) is 17.1. The molecule has 4 rings (SSSR count). The Morgan fingerprint density at radius 3 is 2.40 bits per heavy atom. The first-order valence-electron chi connectivity index (χ1n) is 9.82. The molecule has 1 amide bonds. The maximum atomic E-state index is 13.1. The van der Waals surface area contributed by atoms with E-state index in [4.69, 9.17) is 9.26 Å². The quantitative estimate of drug-likeness (QED) is 0.498. The van der Waals surface area contributed by atoms with E-state index in [2.05, 4.69) is 15.5 Å². The van der Waals surface area contributed by atoms with E-state index in [9.17, 15) is 4.79 Å². The Labute approximate surface area is 174 Å². The van der Waals surface area contributed by atoms with Gasteiger partial charge >= 0.3 is 0 Å². The molecule has 0 aliphatic rings. The summed E-state index contributed by atoms with van der Waals surface area (Å²) in [7, 11) is 1.63. The first-order valence-corrected chi connectivity index (χ1v) is 9.82. The molecule has 4 aromatic rings. The van der Waals surface area contributed by atoms with E-state index in [1.165, 1.54) is 6.20 Å². The summed E-state index contributed by atoms with van der Waals surface area (Å²) >= 11 is 0. The predicted molar refractivity (Wildman–Crippen MR) is 115 cm³/mol. The van der Waals surface area contributed by atoms with Gasteiger partial charge in [0.15, 0.2) is 0 Å². The molecule has 1 atom stereocenters. The van der Waals surface area contributed by atoms with Gasteiger partial charge in [-0.15, -0.1) is 0 Å². The molecule has 0 radical (unpaired) electrons. The van der Waals surface area contributed by atoms with Gasteiger partial charge in [0.2, 0.25) is 0 Å². The van der Waals surface area contributed by atoms with Crippen molar-refractivity contribution in [2.24, 2.45) is 0 Å². The molecular formula is C24H23N3O3. The van der Waals surface area contributed by atoms with Crippen molar-refractivity contribution in [2.75, 3.05) is 7.11 Å². The molecule has 0 fully saturated rings. The molecule has 152 valence electrons. The number of hydrogen-bond acceptors (Lipinski definition) is 5. The van der Waals surface area contributed by atoms with Gasteiger partial charge in [0, 0.05) is 6.20 Å². The first kappa shape index (κ1) is 19.6. The van der Waals surface area contributed by atoms with E-state index >= 15 is 0 Å². The van der Waals surface area contributed by atoms with Crippen molar-refractivity contribution in [1.29, 1.82) is 0 Å². The van der Waals surface area contributed by atoms with Crippen molar-refractivity contribution in [3.63, 3.8) is 0 Å². The summed E-state index contributed by atoms with van der Waals surface area (Å²) in [6.45, 7) is 4.05. The van der Waals surface area contributed by atoms with Crippen LogP contribution in [0.2, 0.25) is 0 Å². The molecule has 30 heavy (non-hydrogen) atoms. The van der Waals surface area contributed by atoms with Gasteiger partial charge < -0.3 is 14.6 Å². The minimum Gasteiger partial charge on any atom is -0.497 e. The third-order valence-corrected chi connectivity index (χ3v) is 5.02. The SMILES string of the molecule is COc1ccc(C(NC(=O)c2cnc3onc(C(C)C)c3c2)c2ccccc2)cc1. The smallest absolute Gasteiger partial charge is 0.257 e. The van der Waals surface area contributed by atoms with E-state index in [1.807, 2.05) is 68.4 Å². The number of nitrogens with zero attached hydrogens (tertiary/aromatic N) is 2. The average molecular weight is 401 g/mol. The Balaban J connectivity index is 1.68. The fourth-order valence-corrected chi connectivity index (χ4v) is 3.41. The van der Waals surface area contributed by atoms with E-state index < -0.39 is 0 Å². The first-order chi connectivity index (χ1) is 14.6. The Hall–Kier alpha value is -3.67. The molecule has 6 nitrogen and oxygen atoms in total. The number of methoxy groups -OCH3 is 1. The molecule has 2 heterocycles. The number of nitrogens with one attached hydrogen (secondary N) is 1. The van der Waals surface area contributed by atoms with Crippen LogP contribution in [0.3, 0.4) is 0 Å². The number of carbonyl (C=O) groups excluding carboxylic acids is 1. The van der Waals surface area contributed by atoms with Crippen LogP contribution < -0.4 is 10.1 Å². The minimum atomic E-state index is -0.313. The maximum Gasteiger partial charge on any atom is 0.257 e. The lowest BCUT2D eigenvalue weighted by atomic mass is 9.98. The third kappa shape index (κ3) is 3.89.